The van der Waals surface area contributed by atoms with Crippen molar-refractivity contribution in [3.63, 3.8) is 0 Å². The molecule has 0 fully saturated rings. The van der Waals surface area contributed by atoms with E-state index in [4.69, 9.17) is 15.2 Å². The summed E-state index contributed by atoms with van der Waals surface area (Å²) in [4.78, 5) is 13.9. The first-order valence-corrected chi connectivity index (χ1v) is 6.96. The standard InChI is InChI=1S/C12H16N2O3S/c1-14(3-4-18-2)12(15)8-5-10-11(6-9(8)13)17-7-16-10/h5-6H,3-4,7,13H2,1-2H3. The summed E-state index contributed by atoms with van der Waals surface area (Å²) >= 11 is 1.70. The first kappa shape index (κ1) is 12.9. The van der Waals surface area contributed by atoms with Gasteiger partial charge in [0.2, 0.25) is 6.79 Å². The molecule has 0 unspecified atom stereocenters. The Labute approximate surface area is 110 Å². The van der Waals surface area contributed by atoms with Crippen molar-refractivity contribution in [1.29, 1.82) is 0 Å². The molecule has 2 rings (SSSR count). The van der Waals surface area contributed by atoms with Crippen LogP contribution in [0.4, 0.5) is 5.69 Å². The molecule has 0 saturated heterocycles. The third-order valence-corrected chi connectivity index (χ3v) is 3.34. The van der Waals surface area contributed by atoms with Crippen molar-refractivity contribution < 1.29 is 14.3 Å². The van der Waals surface area contributed by atoms with Gasteiger partial charge in [0.05, 0.1) is 5.56 Å². The van der Waals surface area contributed by atoms with Gasteiger partial charge < -0.3 is 20.1 Å². The molecule has 1 aromatic rings. The molecule has 0 aromatic heterocycles. The normalized spacial score (nSPS) is 12.6. The SMILES string of the molecule is CSCCN(C)C(=O)c1cc2c(cc1N)OCO2. The predicted molar refractivity (Wildman–Crippen MR) is 72.3 cm³/mol. The molecule has 0 saturated carbocycles. The van der Waals surface area contributed by atoms with E-state index < -0.39 is 0 Å². The van der Waals surface area contributed by atoms with Gasteiger partial charge >= 0.3 is 0 Å². The van der Waals surface area contributed by atoms with Crippen molar-refractivity contribution in [2.75, 3.05) is 38.1 Å². The fourth-order valence-electron chi connectivity index (χ4n) is 1.68. The van der Waals surface area contributed by atoms with Crippen molar-refractivity contribution in [3.8, 4) is 11.5 Å². The van der Waals surface area contributed by atoms with E-state index in [-0.39, 0.29) is 12.7 Å². The molecule has 2 N–H and O–H groups in total. The van der Waals surface area contributed by atoms with Gasteiger partial charge in [-0.25, -0.2) is 0 Å². The van der Waals surface area contributed by atoms with Crippen LogP contribution in [0.15, 0.2) is 12.1 Å². The number of nitrogens with two attached hydrogens (primary N) is 1. The Hall–Kier alpha value is -1.56. The van der Waals surface area contributed by atoms with E-state index in [1.54, 1.807) is 35.8 Å². The number of anilines is 1. The van der Waals surface area contributed by atoms with Crippen LogP contribution in [0.2, 0.25) is 0 Å². The van der Waals surface area contributed by atoms with Gasteiger partial charge in [-0.15, -0.1) is 0 Å². The number of carbonyl (C=O) groups is 1. The molecule has 18 heavy (non-hydrogen) atoms. The number of amides is 1. The molecule has 1 amide bonds. The highest BCUT2D eigenvalue weighted by molar-refractivity contribution is 7.98. The molecule has 1 aromatic carbocycles. The molecule has 0 aliphatic carbocycles. The lowest BCUT2D eigenvalue weighted by atomic mass is 10.1. The number of rotatable bonds is 4. The Morgan fingerprint density at radius 1 is 1.44 bits per heavy atom. The van der Waals surface area contributed by atoms with Crippen molar-refractivity contribution in [2.24, 2.45) is 0 Å². The number of ether oxygens (including phenoxy) is 2. The highest BCUT2D eigenvalue weighted by Crippen LogP contribution is 2.36. The molecular formula is C12H16N2O3S. The van der Waals surface area contributed by atoms with Crippen LogP contribution in [0.1, 0.15) is 10.4 Å². The van der Waals surface area contributed by atoms with Crippen molar-refractivity contribution in [1.82, 2.24) is 4.90 Å². The zero-order valence-electron chi connectivity index (χ0n) is 10.4. The first-order valence-electron chi connectivity index (χ1n) is 5.57. The van der Waals surface area contributed by atoms with Gasteiger partial charge in [-0.2, -0.15) is 11.8 Å². The first-order chi connectivity index (χ1) is 8.63. The molecule has 0 bridgehead atoms. The predicted octanol–water partition coefficient (Wildman–Crippen LogP) is 1.43. The molecule has 1 aliphatic rings. The van der Waals surface area contributed by atoms with E-state index in [9.17, 15) is 4.79 Å². The number of hydrogen-bond acceptors (Lipinski definition) is 5. The van der Waals surface area contributed by atoms with Crippen LogP contribution in [0, 0.1) is 0 Å². The summed E-state index contributed by atoms with van der Waals surface area (Å²) in [6.07, 6.45) is 2.01. The van der Waals surface area contributed by atoms with Crippen LogP contribution < -0.4 is 15.2 Å². The van der Waals surface area contributed by atoms with Gasteiger partial charge in [0.25, 0.3) is 5.91 Å². The fraction of sp³-hybridized carbons (Fsp3) is 0.417. The Kier molecular flexibility index (Phi) is 3.86. The molecule has 1 aliphatic heterocycles. The minimum absolute atomic E-state index is 0.0974. The minimum Gasteiger partial charge on any atom is -0.454 e. The van der Waals surface area contributed by atoms with Crippen molar-refractivity contribution in [3.05, 3.63) is 17.7 Å². The van der Waals surface area contributed by atoms with Crippen molar-refractivity contribution >= 4 is 23.4 Å². The van der Waals surface area contributed by atoms with Crippen LogP contribution in [0.25, 0.3) is 0 Å². The summed E-state index contributed by atoms with van der Waals surface area (Å²) in [5, 5.41) is 0. The molecule has 0 atom stereocenters. The minimum atomic E-state index is -0.0974. The number of nitrogens with zero attached hydrogens (tertiary/aromatic N) is 1. The number of fused-ring (bicyclic) bond motifs is 1. The van der Waals surface area contributed by atoms with E-state index >= 15 is 0 Å². The summed E-state index contributed by atoms with van der Waals surface area (Å²) in [6, 6.07) is 3.29. The zero-order chi connectivity index (χ0) is 13.1. The Bertz CT molecular complexity index is 465. The summed E-state index contributed by atoms with van der Waals surface area (Å²) in [6.45, 7) is 0.864. The smallest absolute Gasteiger partial charge is 0.255 e. The van der Waals surface area contributed by atoms with E-state index in [2.05, 4.69) is 0 Å². The maximum atomic E-state index is 12.2. The quantitative estimate of drug-likeness (QED) is 0.837. The molecule has 0 radical (unpaired) electrons. The molecule has 6 heteroatoms. The van der Waals surface area contributed by atoms with E-state index in [1.165, 1.54) is 0 Å². The maximum Gasteiger partial charge on any atom is 0.255 e. The highest BCUT2D eigenvalue weighted by atomic mass is 32.2. The number of benzene rings is 1. The topological polar surface area (TPSA) is 64.8 Å². The summed E-state index contributed by atoms with van der Waals surface area (Å²) in [5.74, 6) is 1.97. The zero-order valence-corrected chi connectivity index (χ0v) is 11.3. The maximum absolute atomic E-state index is 12.2. The van der Waals surface area contributed by atoms with E-state index in [0.29, 0.717) is 29.3 Å². The summed E-state index contributed by atoms with van der Waals surface area (Å²) in [7, 11) is 1.77. The van der Waals surface area contributed by atoms with Crippen molar-refractivity contribution in [2.45, 2.75) is 0 Å². The highest BCUT2D eigenvalue weighted by Gasteiger charge is 2.21. The van der Waals surface area contributed by atoms with Crippen LogP contribution in [-0.2, 0) is 0 Å². The number of nitrogen functional groups attached to an aromatic ring is 1. The second-order valence-corrected chi connectivity index (χ2v) is 5.00. The third kappa shape index (κ3) is 2.48. The average molecular weight is 268 g/mol. The van der Waals surface area contributed by atoms with Gasteiger partial charge in [0.1, 0.15) is 0 Å². The third-order valence-electron chi connectivity index (χ3n) is 2.75. The second kappa shape index (κ2) is 5.39. The number of hydrogen-bond donors (Lipinski definition) is 1. The number of carbonyl (C=O) groups excluding carboxylic acids is 1. The van der Waals surface area contributed by atoms with Crippen LogP contribution in [-0.4, -0.2) is 43.2 Å². The molecule has 1 heterocycles. The lowest BCUT2D eigenvalue weighted by Gasteiger charge is -2.17. The Morgan fingerprint density at radius 2 is 2.11 bits per heavy atom. The van der Waals surface area contributed by atoms with E-state index in [0.717, 1.165) is 5.75 Å². The fourth-order valence-corrected chi connectivity index (χ4v) is 2.13. The molecular weight excluding hydrogens is 252 g/mol. The van der Waals surface area contributed by atoms with Gasteiger partial charge in [0.15, 0.2) is 11.5 Å². The second-order valence-electron chi connectivity index (χ2n) is 4.01. The van der Waals surface area contributed by atoms with Crippen LogP contribution >= 0.6 is 11.8 Å². The van der Waals surface area contributed by atoms with Crippen LogP contribution in [0.3, 0.4) is 0 Å². The Balaban J connectivity index is 2.20. The van der Waals surface area contributed by atoms with E-state index in [1.807, 2.05) is 6.26 Å². The monoisotopic (exact) mass is 268 g/mol. The van der Waals surface area contributed by atoms with Crippen LogP contribution in [0.5, 0.6) is 11.5 Å². The lowest BCUT2D eigenvalue weighted by molar-refractivity contribution is 0.0804. The van der Waals surface area contributed by atoms with Gasteiger partial charge in [-0.1, -0.05) is 0 Å². The van der Waals surface area contributed by atoms with Gasteiger partial charge in [-0.3, -0.25) is 4.79 Å². The van der Waals surface area contributed by atoms with Gasteiger partial charge in [-0.05, 0) is 12.3 Å². The summed E-state index contributed by atoms with van der Waals surface area (Å²) in [5.41, 5.74) is 6.75. The largest absolute Gasteiger partial charge is 0.454 e. The Morgan fingerprint density at radius 3 is 2.78 bits per heavy atom. The summed E-state index contributed by atoms with van der Waals surface area (Å²) < 4.78 is 10.5. The molecule has 0 spiro atoms. The molecule has 5 nitrogen and oxygen atoms in total. The number of thioether (sulfide) groups is 1. The van der Waals surface area contributed by atoms with Gasteiger partial charge in [0, 0.05) is 31.1 Å². The lowest BCUT2D eigenvalue weighted by Crippen LogP contribution is -2.29. The molecule has 98 valence electrons. The average Bonchev–Trinajstić information content (AvgIpc) is 2.81.